The van der Waals surface area contributed by atoms with E-state index < -0.39 is 24.4 Å². The van der Waals surface area contributed by atoms with Crippen molar-refractivity contribution in [1.29, 1.82) is 0 Å². The molecule has 4 unspecified atom stereocenters. The smallest absolute Gasteiger partial charge is 0.0569 e. The van der Waals surface area contributed by atoms with Gasteiger partial charge in [-0.15, -0.1) is 0 Å². The van der Waals surface area contributed by atoms with E-state index in [-0.39, 0.29) is 86.5 Å². The van der Waals surface area contributed by atoms with Crippen molar-refractivity contribution in [2.24, 2.45) is 0 Å². The van der Waals surface area contributed by atoms with Crippen molar-refractivity contribution >= 4 is 46.3 Å². The Kier molecular flexibility index (Phi) is 56.9. The molecule has 0 spiro atoms. The Hall–Kier alpha value is -2.02. The average molecular weight is 987 g/mol. The Morgan fingerprint density at radius 3 is 0.455 bits per heavy atom. The first-order valence-corrected chi connectivity index (χ1v) is 12.6. The molecule has 0 aromatic rings. The number of aliphatic hydroxyl groups excluding tert-OH is 4. The molecule has 0 bridgehead atoms. The van der Waals surface area contributed by atoms with Gasteiger partial charge in [0, 0.05) is 99.3 Å². The third-order valence-corrected chi connectivity index (χ3v) is 2.74. The fourth-order valence-corrected chi connectivity index (χ4v) is 1.95. The topological polar surface area (TPSA) is 217 Å². The van der Waals surface area contributed by atoms with Crippen LogP contribution >= 0.6 is 0 Å². The molecule has 0 aliphatic rings. The monoisotopic (exact) mass is 988 g/mol. The maximum atomic E-state index is 9.98. The normalized spacial score (nSPS) is 10.9. The second kappa shape index (κ2) is 41.0. The van der Waals surface area contributed by atoms with Gasteiger partial charge in [-0.25, -0.2) is 0 Å². The van der Waals surface area contributed by atoms with E-state index in [4.69, 9.17) is 20.4 Å². The van der Waals surface area contributed by atoms with Gasteiger partial charge in [0.05, 0.1) is 24.4 Å². The summed E-state index contributed by atoms with van der Waals surface area (Å²) in [6, 6.07) is 0. The molecule has 0 rings (SSSR count). The van der Waals surface area contributed by atoms with Crippen LogP contribution < -0.4 is 0 Å². The Morgan fingerprint density at radius 1 is 0.364 bits per heavy atom. The van der Waals surface area contributed by atoms with Gasteiger partial charge in [0.25, 0.3) is 0 Å². The Labute approximate surface area is 290 Å². The number of Topliss-reactive ketones (excluding diaryl/α,β-unsaturated/α-hetero) is 8. The van der Waals surface area contributed by atoms with Crippen LogP contribution in [0.25, 0.3) is 0 Å². The SMILES string of the molecule is CC(=O)[CH-]C(C)=O.CC(=O)[CH-]C(C)=O.CC(=O)[CH-]C(C)=O.CC(=O)[CH-]C(C)=O.CC(O)[CH]C(C)O.CC(O)[CH]C(C)O.[Ir].[Ir]. The van der Waals surface area contributed by atoms with Crippen LogP contribution in [-0.4, -0.2) is 91.1 Å². The summed E-state index contributed by atoms with van der Waals surface area (Å²) in [7, 11) is 0. The van der Waals surface area contributed by atoms with E-state index in [9.17, 15) is 38.4 Å². The molecule has 264 valence electrons. The molecule has 0 aromatic carbocycles. The molecular formula is C30H50Ir2O12-4. The van der Waals surface area contributed by atoms with E-state index in [1.165, 1.54) is 68.2 Å². The zero-order valence-electron chi connectivity index (χ0n) is 27.5. The van der Waals surface area contributed by atoms with E-state index in [0.717, 1.165) is 25.7 Å². The van der Waals surface area contributed by atoms with E-state index >= 15 is 0 Å². The van der Waals surface area contributed by atoms with Gasteiger partial charge in [0.1, 0.15) is 0 Å². The first kappa shape index (κ1) is 61.1. The molecule has 0 amide bonds. The molecule has 0 saturated carbocycles. The maximum absolute atomic E-state index is 9.98. The molecule has 4 atom stereocenters. The summed E-state index contributed by atoms with van der Waals surface area (Å²) in [5.41, 5.74) is 0. The van der Waals surface area contributed by atoms with Gasteiger partial charge in [0.15, 0.2) is 0 Å². The molecule has 14 heteroatoms. The molecule has 4 radical (unpaired) electrons. The van der Waals surface area contributed by atoms with Crippen LogP contribution in [0.4, 0.5) is 0 Å². The van der Waals surface area contributed by atoms with Gasteiger partial charge in [-0.2, -0.15) is 0 Å². The van der Waals surface area contributed by atoms with Crippen molar-refractivity contribution in [3.63, 3.8) is 0 Å². The second-order valence-corrected chi connectivity index (χ2v) is 8.81. The molecule has 44 heavy (non-hydrogen) atoms. The van der Waals surface area contributed by atoms with Crippen LogP contribution in [0.5, 0.6) is 0 Å². The third kappa shape index (κ3) is 126. The Morgan fingerprint density at radius 2 is 0.455 bits per heavy atom. The average Bonchev–Trinajstić information content (AvgIpc) is 2.63. The summed E-state index contributed by atoms with van der Waals surface area (Å²) in [6.07, 6.45) is 5.11. The molecule has 0 saturated heterocycles. The van der Waals surface area contributed by atoms with Crippen LogP contribution in [-0.2, 0) is 78.6 Å². The zero-order valence-corrected chi connectivity index (χ0v) is 32.3. The van der Waals surface area contributed by atoms with Crippen molar-refractivity contribution in [3.8, 4) is 0 Å². The van der Waals surface area contributed by atoms with E-state index in [1.807, 2.05) is 0 Å². The molecule has 4 N–H and O–H groups in total. The fraction of sp³-hybridized carbons (Fsp3) is 0.533. The van der Waals surface area contributed by atoms with Crippen molar-refractivity contribution < 1.29 is 99.0 Å². The summed E-state index contributed by atoms with van der Waals surface area (Å²) >= 11 is 0. The summed E-state index contributed by atoms with van der Waals surface area (Å²) in [5, 5.41) is 34.0. The largest absolute Gasteiger partial charge is 0.393 e. The van der Waals surface area contributed by atoms with Crippen LogP contribution in [0.15, 0.2) is 0 Å². The number of ketones is 8. The molecule has 0 fully saturated rings. The zero-order chi connectivity index (χ0) is 35.2. The fourth-order valence-electron chi connectivity index (χ4n) is 1.95. The van der Waals surface area contributed by atoms with Crippen LogP contribution in [0.2, 0.25) is 0 Å². The Bertz CT molecular complexity index is 628. The van der Waals surface area contributed by atoms with E-state index in [2.05, 4.69) is 0 Å². The quantitative estimate of drug-likeness (QED) is 0.161. The van der Waals surface area contributed by atoms with Crippen LogP contribution in [0.3, 0.4) is 0 Å². The first-order chi connectivity index (χ1) is 18.8. The van der Waals surface area contributed by atoms with Gasteiger partial charge in [0.2, 0.25) is 0 Å². The van der Waals surface area contributed by atoms with Crippen molar-refractivity contribution in [3.05, 3.63) is 38.5 Å². The first-order valence-electron chi connectivity index (χ1n) is 12.6. The third-order valence-electron chi connectivity index (χ3n) is 2.74. The molecule has 0 aliphatic carbocycles. The summed E-state index contributed by atoms with van der Waals surface area (Å²) in [6.45, 7) is 17.2. The number of hydrogen-bond donors (Lipinski definition) is 4. The minimum atomic E-state index is -0.500. The van der Waals surface area contributed by atoms with Gasteiger partial charge in [-0.1, -0.05) is 0 Å². The van der Waals surface area contributed by atoms with Gasteiger partial charge < -0.3 is 58.8 Å². The predicted molar refractivity (Wildman–Crippen MR) is 158 cm³/mol. The van der Waals surface area contributed by atoms with Gasteiger partial charge >= 0.3 is 0 Å². The van der Waals surface area contributed by atoms with Crippen molar-refractivity contribution in [1.82, 2.24) is 0 Å². The molecule has 0 aliphatic heterocycles. The van der Waals surface area contributed by atoms with Crippen molar-refractivity contribution in [2.75, 3.05) is 0 Å². The number of hydrogen-bond acceptors (Lipinski definition) is 12. The molecular weight excluding hydrogens is 937 g/mol. The van der Waals surface area contributed by atoms with E-state index in [1.54, 1.807) is 27.7 Å². The number of carbonyl (C=O) groups is 8. The Balaban J connectivity index is -0.0000000584. The maximum Gasteiger partial charge on any atom is 0.0569 e. The summed E-state index contributed by atoms with van der Waals surface area (Å²) in [4.78, 5) is 79.8. The summed E-state index contributed by atoms with van der Waals surface area (Å²) < 4.78 is 0. The number of carbonyl (C=O) groups excluding carboxylic acids is 8. The molecule has 0 aromatic heterocycles. The minimum Gasteiger partial charge on any atom is -0.393 e. The van der Waals surface area contributed by atoms with Gasteiger partial charge in [-0.3, -0.25) is 25.7 Å². The standard InChI is InChI=1S/2C5H11O2.4C5H7O2.2Ir/c6*1-4(6)3-5(2)7;;/h2*3-7H,1-2H3;4*3H,1-2H3;;/q;;4*-1;;. The minimum absolute atomic E-state index is 0. The van der Waals surface area contributed by atoms with E-state index in [0.29, 0.717) is 0 Å². The number of rotatable bonds is 12. The van der Waals surface area contributed by atoms with Gasteiger partial charge in [-0.05, 0) is 83.1 Å². The second-order valence-electron chi connectivity index (χ2n) is 8.81. The predicted octanol–water partition coefficient (Wildman–Crippen LogP) is 1.37. The van der Waals surface area contributed by atoms with Crippen LogP contribution in [0.1, 0.15) is 83.1 Å². The van der Waals surface area contributed by atoms with Crippen molar-refractivity contribution in [2.45, 2.75) is 108 Å². The molecule has 12 nitrogen and oxygen atoms in total. The molecule has 0 heterocycles. The van der Waals surface area contributed by atoms with Crippen LogP contribution in [0, 0.1) is 38.5 Å². The summed E-state index contributed by atoms with van der Waals surface area (Å²) in [5.74, 6) is -1.50. The number of aliphatic hydroxyl groups is 4.